The number of hydrogen-bond donors (Lipinski definition) is 0. The zero-order chi connectivity index (χ0) is 18.4. The van der Waals surface area contributed by atoms with Crippen molar-refractivity contribution in [2.24, 2.45) is 0 Å². The summed E-state index contributed by atoms with van der Waals surface area (Å²) >= 11 is 3.40. The van der Waals surface area contributed by atoms with Crippen LogP contribution in [0, 0.1) is 0 Å². The predicted molar refractivity (Wildman–Crippen MR) is 106 cm³/mol. The summed E-state index contributed by atoms with van der Waals surface area (Å²) in [6.07, 6.45) is 2.02. The van der Waals surface area contributed by atoms with Crippen molar-refractivity contribution in [3.8, 4) is 11.3 Å². The van der Waals surface area contributed by atoms with Gasteiger partial charge in [0.1, 0.15) is 11.5 Å². The fraction of sp³-hybridized carbons (Fsp3) is 0.238. The number of aryl methyl sites for hydroxylation is 1. The lowest BCUT2D eigenvalue weighted by molar-refractivity contribution is -0.129. The Hall–Kier alpha value is -2.40. The summed E-state index contributed by atoms with van der Waals surface area (Å²) in [4.78, 5) is 14.1. The van der Waals surface area contributed by atoms with Gasteiger partial charge in [0.2, 0.25) is 5.91 Å². The van der Waals surface area contributed by atoms with Gasteiger partial charge in [-0.3, -0.25) is 4.79 Å². The van der Waals surface area contributed by atoms with Crippen LogP contribution < -0.4 is 0 Å². The number of hydrogen-bond acceptors (Lipinski definition) is 3. The van der Waals surface area contributed by atoms with E-state index in [1.807, 2.05) is 67.7 Å². The normalized spacial score (nSPS) is 10.7. The molecule has 3 aromatic rings. The first-order valence-corrected chi connectivity index (χ1v) is 9.40. The lowest BCUT2D eigenvalue weighted by Crippen LogP contribution is -2.29. The highest BCUT2D eigenvalue weighted by Crippen LogP contribution is 2.19. The average Bonchev–Trinajstić information content (AvgIpc) is 3.13. The number of rotatable bonds is 7. The zero-order valence-electron chi connectivity index (χ0n) is 14.7. The molecule has 26 heavy (non-hydrogen) atoms. The quantitative estimate of drug-likeness (QED) is 0.562. The summed E-state index contributed by atoms with van der Waals surface area (Å²) in [7, 11) is 1.84. The van der Waals surface area contributed by atoms with Gasteiger partial charge < -0.3 is 9.42 Å². The van der Waals surface area contributed by atoms with Crippen LogP contribution in [0.5, 0.6) is 0 Å². The van der Waals surface area contributed by atoms with Gasteiger partial charge in [0.25, 0.3) is 0 Å². The Balaban J connectivity index is 1.46. The highest BCUT2D eigenvalue weighted by Gasteiger charge is 2.11. The molecule has 0 bridgehead atoms. The molecule has 0 fully saturated rings. The zero-order valence-corrected chi connectivity index (χ0v) is 16.3. The van der Waals surface area contributed by atoms with E-state index in [9.17, 15) is 4.79 Å². The molecule has 3 rings (SSSR count). The third kappa shape index (κ3) is 5.05. The van der Waals surface area contributed by atoms with E-state index in [1.165, 1.54) is 0 Å². The maximum Gasteiger partial charge on any atom is 0.226 e. The number of likely N-dealkylation sites (N-methyl/N-ethyl adjacent to an activating group) is 1. The summed E-state index contributed by atoms with van der Waals surface area (Å²) in [6, 6.07) is 19.8. The summed E-state index contributed by atoms with van der Waals surface area (Å²) in [6.45, 7) is 0.691. The standard InChI is InChI=1S/C21H21BrN2O2/c1-24(21(25)14-16-9-11-18(22)12-10-16)13-5-8-19-15-20(23-26-19)17-6-3-2-4-7-17/h2-4,6-7,9-12,15H,5,8,13-14H2,1H3. The van der Waals surface area contributed by atoms with Gasteiger partial charge in [-0.15, -0.1) is 0 Å². The van der Waals surface area contributed by atoms with Gasteiger partial charge in [-0.25, -0.2) is 0 Å². The van der Waals surface area contributed by atoms with E-state index in [0.29, 0.717) is 13.0 Å². The molecule has 0 atom stereocenters. The average molecular weight is 413 g/mol. The second-order valence-electron chi connectivity index (χ2n) is 6.27. The summed E-state index contributed by atoms with van der Waals surface area (Å²) in [5, 5.41) is 4.12. The van der Waals surface area contributed by atoms with Crippen molar-refractivity contribution in [1.29, 1.82) is 0 Å². The molecular formula is C21H21BrN2O2. The van der Waals surface area contributed by atoms with Crippen molar-refractivity contribution >= 4 is 21.8 Å². The molecule has 0 aliphatic carbocycles. The Labute approximate surface area is 161 Å². The molecule has 0 saturated heterocycles. The molecule has 1 amide bonds. The molecule has 0 radical (unpaired) electrons. The lowest BCUT2D eigenvalue weighted by Gasteiger charge is -2.16. The monoisotopic (exact) mass is 412 g/mol. The Morgan fingerprint density at radius 3 is 2.58 bits per heavy atom. The first-order chi connectivity index (χ1) is 12.6. The third-order valence-corrected chi connectivity index (χ3v) is 4.77. The molecule has 0 spiro atoms. The van der Waals surface area contributed by atoms with Gasteiger partial charge in [-0.1, -0.05) is 63.6 Å². The van der Waals surface area contributed by atoms with Crippen molar-refractivity contribution in [3.63, 3.8) is 0 Å². The number of carbonyl (C=O) groups excluding carboxylic acids is 1. The van der Waals surface area contributed by atoms with Crippen LogP contribution in [0.4, 0.5) is 0 Å². The first-order valence-electron chi connectivity index (χ1n) is 8.61. The second-order valence-corrected chi connectivity index (χ2v) is 7.18. The highest BCUT2D eigenvalue weighted by molar-refractivity contribution is 9.10. The van der Waals surface area contributed by atoms with E-state index >= 15 is 0 Å². The molecule has 0 saturated carbocycles. The van der Waals surface area contributed by atoms with Crippen LogP contribution in [-0.4, -0.2) is 29.6 Å². The molecule has 1 heterocycles. The largest absolute Gasteiger partial charge is 0.361 e. The second kappa shape index (κ2) is 8.81. The molecule has 5 heteroatoms. The molecule has 0 aliphatic heterocycles. The van der Waals surface area contributed by atoms with Crippen LogP contribution in [0.15, 0.2) is 69.7 Å². The van der Waals surface area contributed by atoms with Crippen LogP contribution in [0.3, 0.4) is 0 Å². The van der Waals surface area contributed by atoms with Crippen LogP contribution in [0.2, 0.25) is 0 Å². The van der Waals surface area contributed by atoms with Crippen molar-refractivity contribution in [1.82, 2.24) is 10.1 Å². The third-order valence-electron chi connectivity index (χ3n) is 4.24. The lowest BCUT2D eigenvalue weighted by atomic mass is 10.1. The summed E-state index contributed by atoms with van der Waals surface area (Å²) in [5.41, 5.74) is 2.91. The number of benzene rings is 2. The maximum atomic E-state index is 12.3. The van der Waals surface area contributed by atoms with E-state index in [2.05, 4.69) is 21.1 Å². The SMILES string of the molecule is CN(CCCc1cc(-c2ccccc2)no1)C(=O)Cc1ccc(Br)cc1. The summed E-state index contributed by atoms with van der Waals surface area (Å²) in [5.74, 6) is 0.965. The maximum absolute atomic E-state index is 12.3. The van der Waals surface area contributed by atoms with Crippen molar-refractivity contribution in [2.45, 2.75) is 19.3 Å². The number of halogens is 1. The van der Waals surface area contributed by atoms with Crippen LogP contribution in [-0.2, 0) is 17.6 Å². The minimum absolute atomic E-state index is 0.120. The van der Waals surface area contributed by atoms with Gasteiger partial charge in [0.15, 0.2) is 0 Å². The predicted octanol–water partition coefficient (Wildman–Crippen LogP) is 4.74. The van der Waals surface area contributed by atoms with Gasteiger partial charge >= 0.3 is 0 Å². The fourth-order valence-electron chi connectivity index (χ4n) is 2.70. The molecule has 0 aliphatic rings. The Morgan fingerprint density at radius 1 is 1.12 bits per heavy atom. The van der Waals surface area contributed by atoms with Crippen molar-refractivity contribution in [2.75, 3.05) is 13.6 Å². The van der Waals surface area contributed by atoms with E-state index in [1.54, 1.807) is 4.90 Å². The number of amides is 1. The van der Waals surface area contributed by atoms with Gasteiger partial charge in [-0.05, 0) is 24.1 Å². The Bertz CT molecular complexity index is 844. The van der Waals surface area contributed by atoms with E-state index in [4.69, 9.17) is 4.52 Å². The summed E-state index contributed by atoms with van der Waals surface area (Å²) < 4.78 is 6.43. The van der Waals surface area contributed by atoms with E-state index < -0.39 is 0 Å². The number of aromatic nitrogens is 1. The van der Waals surface area contributed by atoms with Crippen LogP contribution in [0.1, 0.15) is 17.7 Å². The number of carbonyl (C=O) groups is 1. The smallest absolute Gasteiger partial charge is 0.226 e. The van der Waals surface area contributed by atoms with Gasteiger partial charge in [0, 0.05) is 36.1 Å². The van der Waals surface area contributed by atoms with Gasteiger partial charge in [-0.2, -0.15) is 0 Å². The topological polar surface area (TPSA) is 46.3 Å². The Morgan fingerprint density at radius 2 is 1.85 bits per heavy atom. The van der Waals surface area contributed by atoms with E-state index in [0.717, 1.165) is 39.9 Å². The molecule has 0 unspecified atom stereocenters. The molecule has 134 valence electrons. The van der Waals surface area contributed by atoms with Crippen LogP contribution in [0.25, 0.3) is 11.3 Å². The minimum atomic E-state index is 0.120. The van der Waals surface area contributed by atoms with Crippen molar-refractivity contribution < 1.29 is 9.32 Å². The molecule has 2 aromatic carbocycles. The minimum Gasteiger partial charge on any atom is -0.361 e. The molecule has 0 N–H and O–H groups in total. The highest BCUT2D eigenvalue weighted by atomic mass is 79.9. The van der Waals surface area contributed by atoms with Crippen LogP contribution >= 0.6 is 15.9 Å². The molecule has 4 nitrogen and oxygen atoms in total. The van der Waals surface area contributed by atoms with Gasteiger partial charge in [0.05, 0.1) is 6.42 Å². The van der Waals surface area contributed by atoms with Crippen molar-refractivity contribution in [3.05, 3.63) is 76.5 Å². The fourth-order valence-corrected chi connectivity index (χ4v) is 2.97. The molecular weight excluding hydrogens is 392 g/mol. The van der Waals surface area contributed by atoms with E-state index in [-0.39, 0.29) is 5.91 Å². The first kappa shape index (κ1) is 18.4. The number of nitrogens with zero attached hydrogens (tertiary/aromatic N) is 2. The molecule has 1 aromatic heterocycles. The Kier molecular flexibility index (Phi) is 6.23.